The van der Waals surface area contributed by atoms with Crippen molar-refractivity contribution in [2.24, 2.45) is 29.1 Å². The lowest BCUT2D eigenvalue weighted by atomic mass is 9.48. The molecule has 17 heteroatoms. The van der Waals surface area contributed by atoms with Crippen molar-refractivity contribution in [3.05, 3.63) is 41.9 Å². The Hall–Kier alpha value is -4.02. The average Bonchev–Trinajstić information content (AvgIpc) is 3.50. The Morgan fingerprint density at radius 2 is 1.53 bits per heavy atom. The van der Waals surface area contributed by atoms with E-state index in [0.29, 0.717) is 92.9 Å². The van der Waals surface area contributed by atoms with Crippen LogP contribution in [0.15, 0.2) is 30.6 Å². The number of aliphatic carboxylic acids is 1. The van der Waals surface area contributed by atoms with Gasteiger partial charge in [0, 0.05) is 61.4 Å². The molecule has 0 unspecified atom stereocenters. The topological polar surface area (TPSA) is 110 Å². The predicted molar refractivity (Wildman–Crippen MR) is 193 cm³/mol. The number of halogens is 8. The van der Waals surface area contributed by atoms with E-state index in [0.717, 1.165) is 12.6 Å². The Kier molecular flexibility index (Phi) is 9.36. The maximum atomic E-state index is 14.8. The molecule has 7 aliphatic rings. The van der Waals surface area contributed by atoms with Gasteiger partial charge in [-0.05, 0) is 112 Å². The van der Waals surface area contributed by atoms with Crippen LogP contribution in [-0.2, 0) is 11.0 Å². The Bertz CT molecular complexity index is 2060. The van der Waals surface area contributed by atoms with Crippen LogP contribution in [-0.4, -0.2) is 79.8 Å². The number of carbonyl (C=O) groups is 2. The second-order valence-corrected chi connectivity index (χ2v) is 18.2. The number of carboxylic acid groups (broad SMARTS) is 1. The highest BCUT2D eigenvalue weighted by Crippen LogP contribution is 2.58. The van der Waals surface area contributed by atoms with Gasteiger partial charge in [0.15, 0.2) is 11.5 Å². The number of aromatic nitrogens is 3. The number of rotatable bonds is 8. The van der Waals surface area contributed by atoms with Crippen molar-refractivity contribution in [2.75, 3.05) is 19.6 Å². The molecule has 1 aromatic carbocycles. The van der Waals surface area contributed by atoms with E-state index in [1.165, 1.54) is 4.90 Å². The molecule has 3 aromatic rings. The Morgan fingerprint density at radius 3 is 2.12 bits per heavy atom. The molecule has 1 aliphatic heterocycles. The molecular formula is C41H45F8N5O4. The molecule has 0 atom stereocenters. The molecule has 1 amide bonds. The summed E-state index contributed by atoms with van der Waals surface area (Å²) in [5.74, 6) is -5.29. The van der Waals surface area contributed by atoms with Gasteiger partial charge in [0.2, 0.25) is 5.92 Å². The highest BCUT2D eigenvalue weighted by Gasteiger charge is 2.62. The third-order valence-corrected chi connectivity index (χ3v) is 14.3. The van der Waals surface area contributed by atoms with Crippen LogP contribution in [0.1, 0.15) is 106 Å². The van der Waals surface area contributed by atoms with Gasteiger partial charge < -0.3 is 19.7 Å². The molecular weight excluding hydrogens is 778 g/mol. The van der Waals surface area contributed by atoms with Gasteiger partial charge in [-0.25, -0.2) is 23.5 Å². The Balaban J connectivity index is 0.999. The Labute approximate surface area is 328 Å². The third kappa shape index (κ3) is 7.10. The molecule has 0 radical (unpaired) electrons. The van der Waals surface area contributed by atoms with Gasteiger partial charge in [-0.2, -0.15) is 26.3 Å². The zero-order chi connectivity index (χ0) is 41.0. The van der Waals surface area contributed by atoms with Crippen molar-refractivity contribution < 1.29 is 54.6 Å². The molecule has 6 saturated carbocycles. The lowest BCUT2D eigenvalue weighted by Crippen LogP contribution is -2.70. The number of fused-ring (bicyclic) bond motifs is 1. The van der Waals surface area contributed by atoms with Gasteiger partial charge in [0.05, 0.1) is 23.7 Å². The lowest BCUT2D eigenvalue weighted by molar-refractivity contribution is -0.174. The molecule has 6 aliphatic carbocycles. The summed E-state index contributed by atoms with van der Waals surface area (Å²) >= 11 is 0. The zero-order valence-electron chi connectivity index (χ0n) is 31.6. The SMILES string of the molecule is O=C(NC1(C(=O)O)C2CC3CC(C2)CC1C3)c1cnc(-c2cn(C3CCC(F)(F)CC3)c3cc(OC4CCC5(CC4)CN(CC(F)(F)F)C5)ccc23)nc1C(F)(F)F. The molecule has 2 N–H and O–H groups in total. The summed E-state index contributed by atoms with van der Waals surface area (Å²) in [6, 6.07) is 4.61. The second kappa shape index (κ2) is 13.8. The summed E-state index contributed by atoms with van der Waals surface area (Å²) < 4.78 is 120. The first-order chi connectivity index (χ1) is 27.3. The van der Waals surface area contributed by atoms with E-state index in [9.17, 15) is 49.8 Å². The van der Waals surface area contributed by atoms with Crippen LogP contribution >= 0.6 is 0 Å². The second-order valence-electron chi connectivity index (χ2n) is 18.2. The monoisotopic (exact) mass is 823 g/mol. The molecule has 3 heterocycles. The number of hydrogen-bond acceptors (Lipinski definition) is 6. The number of benzene rings is 1. The summed E-state index contributed by atoms with van der Waals surface area (Å²) in [7, 11) is 0. The maximum absolute atomic E-state index is 14.8. The lowest BCUT2D eigenvalue weighted by Gasteiger charge is -2.59. The number of amides is 1. The van der Waals surface area contributed by atoms with Crippen LogP contribution in [0, 0.1) is 29.1 Å². The largest absolute Gasteiger partial charge is 0.490 e. The first-order valence-corrected chi connectivity index (χ1v) is 20.3. The molecule has 58 heavy (non-hydrogen) atoms. The van der Waals surface area contributed by atoms with Crippen LogP contribution in [0.2, 0.25) is 0 Å². The fourth-order valence-corrected chi connectivity index (χ4v) is 11.9. The van der Waals surface area contributed by atoms with Crippen molar-refractivity contribution in [2.45, 2.75) is 119 Å². The summed E-state index contributed by atoms with van der Waals surface area (Å²) in [6.45, 7) is -0.154. The van der Waals surface area contributed by atoms with Gasteiger partial charge in [-0.3, -0.25) is 9.69 Å². The number of likely N-dealkylation sites (tertiary alicyclic amines) is 1. The number of nitrogens with one attached hydrogen (secondary N) is 1. The number of alkyl halides is 8. The number of carbonyl (C=O) groups excluding carboxylic acids is 1. The summed E-state index contributed by atoms with van der Waals surface area (Å²) in [4.78, 5) is 36.2. The van der Waals surface area contributed by atoms with Crippen molar-refractivity contribution in [1.82, 2.24) is 24.8 Å². The van der Waals surface area contributed by atoms with Gasteiger partial charge in [-0.1, -0.05) is 0 Å². The minimum atomic E-state index is -5.12. The molecule has 1 spiro atoms. The van der Waals surface area contributed by atoms with Crippen LogP contribution in [0.25, 0.3) is 22.3 Å². The van der Waals surface area contributed by atoms with E-state index in [1.54, 1.807) is 29.0 Å². The van der Waals surface area contributed by atoms with Gasteiger partial charge >= 0.3 is 18.3 Å². The quantitative estimate of drug-likeness (QED) is 0.218. The number of carboxylic acids is 1. The van der Waals surface area contributed by atoms with E-state index in [2.05, 4.69) is 15.3 Å². The van der Waals surface area contributed by atoms with Crippen molar-refractivity contribution >= 4 is 22.8 Å². The average molecular weight is 824 g/mol. The van der Waals surface area contributed by atoms with E-state index in [4.69, 9.17) is 4.74 Å². The number of nitrogens with zero attached hydrogens (tertiary/aromatic N) is 4. The molecule has 7 fully saturated rings. The maximum Gasteiger partial charge on any atom is 0.434 e. The Morgan fingerprint density at radius 1 is 0.897 bits per heavy atom. The third-order valence-electron chi connectivity index (χ3n) is 14.3. The summed E-state index contributed by atoms with van der Waals surface area (Å²) in [5, 5.41) is 13.5. The first-order valence-electron chi connectivity index (χ1n) is 20.3. The molecule has 9 nitrogen and oxygen atoms in total. The van der Waals surface area contributed by atoms with Crippen molar-refractivity contribution in [3.63, 3.8) is 0 Å². The fourth-order valence-electron chi connectivity index (χ4n) is 11.9. The van der Waals surface area contributed by atoms with Gasteiger partial charge in [0.1, 0.15) is 11.3 Å². The smallest absolute Gasteiger partial charge is 0.434 e. The molecule has 314 valence electrons. The van der Waals surface area contributed by atoms with E-state index < -0.39 is 71.4 Å². The highest BCUT2D eigenvalue weighted by atomic mass is 19.4. The minimum absolute atomic E-state index is 0.111. The molecule has 4 bridgehead atoms. The molecule has 10 rings (SSSR count). The standard InChI is InChI=1S/C41H45F8N5O4/c42-38(43)9-3-26(4-10-38)54-18-31(29-2-1-28(16-32(29)54)58-27-5-7-37(8-6-27)19-53(20-37)21-39(44,45)46)34-50-17-30(33(51-34)41(47,48)49)35(55)52-40(36(56)57)24-12-22-11-23(14-24)15-25(40)13-22/h1-2,16-18,22-27H,3-15,19-21H2,(H,52,55)(H,56,57). The van der Waals surface area contributed by atoms with E-state index in [1.807, 2.05) is 0 Å². The minimum Gasteiger partial charge on any atom is -0.490 e. The van der Waals surface area contributed by atoms with Crippen LogP contribution < -0.4 is 10.1 Å². The summed E-state index contributed by atoms with van der Waals surface area (Å²) in [5.41, 5.74) is -3.55. The van der Waals surface area contributed by atoms with E-state index >= 15 is 0 Å². The fraction of sp³-hybridized carbons (Fsp3) is 0.659. The zero-order valence-corrected chi connectivity index (χ0v) is 31.6. The normalized spacial score (nSPS) is 29.8. The van der Waals surface area contributed by atoms with Gasteiger partial charge in [0.25, 0.3) is 5.91 Å². The molecule has 1 saturated heterocycles. The van der Waals surface area contributed by atoms with Crippen LogP contribution in [0.4, 0.5) is 35.1 Å². The molecule has 2 aromatic heterocycles. The van der Waals surface area contributed by atoms with Crippen molar-refractivity contribution in [3.8, 4) is 17.1 Å². The first kappa shape index (κ1) is 39.4. The number of hydrogen-bond donors (Lipinski definition) is 2. The van der Waals surface area contributed by atoms with Crippen LogP contribution in [0.3, 0.4) is 0 Å². The highest BCUT2D eigenvalue weighted by molar-refractivity contribution is 6.00. The number of ether oxygens (including phenoxy) is 1. The van der Waals surface area contributed by atoms with Crippen LogP contribution in [0.5, 0.6) is 5.75 Å². The van der Waals surface area contributed by atoms with Crippen molar-refractivity contribution in [1.29, 1.82) is 0 Å². The van der Waals surface area contributed by atoms with E-state index in [-0.39, 0.29) is 48.6 Å². The summed E-state index contributed by atoms with van der Waals surface area (Å²) in [6.07, 6.45) is -1.73. The van der Waals surface area contributed by atoms with Gasteiger partial charge in [-0.15, -0.1) is 0 Å². The predicted octanol–water partition coefficient (Wildman–Crippen LogP) is 9.06.